The van der Waals surface area contributed by atoms with Gasteiger partial charge in [-0.15, -0.1) is 11.3 Å². The lowest BCUT2D eigenvalue weighted by Crippen LogP contribution is -2.17. The number of nitrogens with one attached hydrogen (secondary N) is 1. The molecule has 0 fully saturated rings. The van der Waals surface area contributed by atoms with E-state index in [4.69, 9.17) is 5.73 Å². The van der Waals surface area contributed by atoms with E-state index in [1.54, 1.807) is 24.6 Å². The van der Waals surface area contributed by atoms with Crippen LogP contribution in [0.5, 0.6) is 0 Å². The van der Waals surface area contributed by atoms with Crippen molar-refractivity contribution in [1.29, 1.82) is 0 Å². The average Bonchev–Trinajstić information content (AvgIpc) is 2.91. The summed E-state index contributed by atoms with van der Waals surface area (Å²) in [7, 11) is -4.04. The Morgan fingerprint density at radius 1 is 1.43 bits per heavy atom. The van der Waals surface area contributed by atoms with Gasteiger partial charge in [-0.05, 0) is 24.6 Å². The number of imidazole rings is 1. The number of benzene rings is 1. The highest BCUT2D eigenvalue weighted by Gasteiger charge is 2.25. The van der Waals surface area contributed by atoms with Crippen molar-refractivity contribution < 1.29 is 12.8 Å². The number of thiazole rings is 1. The lowest BCUT2D eigenvalue weighted by Gasteiger charge is -2.09. The molecule has 0 saturated heterocycles. The molecule has 0 bridgehead atoms. The lowest BCUT2D eigenvalue weighted by atomic mass is 10.2. The van der Waals surface area contributed by atoms with E-state index in [1.807, 2.05) is 0 Å². The number of aryl methyl sites for hydroxylation is 1. The number of anilines is 2. The predicted molar refractivity (Wildman–Crippen MR) is 79.4 cm³/mol. The SMILES string of the molecule is Cc1ccc(NS(=O)(=O)c2c(N)nc3sccn23)c(F)c1. The van der Waals surface area contributed by atoms with Gasteiger partial charge in [0.15, 0.2) is 10.8 Å². The quantitative estimate of drug-likeness (QED) is 0.772. The Kier molecular flexibility index (Phi) is 3.10. The number of nitrogens with two attached hydrogens (primary N) is 1. The van der Waals surface area contributed by atoms with Gasteiger partial charge in [0.05, 0.1) is 5.69 Å². The Bertz CT molecular complexity index is 930. The van der Waals surface area contributed by atoms with Crippen molar-refractivity contribution in [2.24, 2.45) is 0 Å². The van der Waals surface area contributed by atoms with Crippen LogP contribution in [0.3, 0.4) is 0 Å². The molecule has 0 aliphatic carbocycles. The maximum absolute atomic E-state index is 13.8. The van der Waals surface area contributed by atoms with Crippen LogP contribution in [-0.4, -0.2) is 17.8 Å². The van der Waals surface area contributed by atoms with E-state index in [0.717, 1.165) is 0 Å². The highest BCUT2D eigenvalue weighted by Crippen LogP contribution is 2.26. The van der Waals surface area contributed by atoms with E-state index in [2.05, 4.69) is 9.71 Å². The first kappa shape index (κ1) is 13.8. The van der Waals surface area contributed by atoms with Crippen LogP contribution < -0.4 is 10.5 Å². The smallest absolute Gasteiger partial charge is 0.281 e. The summed E-state index contributed by atoms with van der Waals surface area (Å²) in [5.74, 6) is -0.773. The van der Waals surface area contributed by atoms with Crippen LogP contribution in [-0.2, 0) is 10.0 Å². The lowest BCUT2D eigenvalue weighted by molar-refractivity contribution is 0.594. The minimum Gasteiger partial charge on any atom is -0.381 e. The standard InChI is InChI=1S/C12H11FN4O2S2/c1-7-2-3-9(8(13)6-7)16-21(18,19)11-10(14)15-12-17(11)4-5-20-12/h2-6,16H,14H2,1H3. The summed E-state index contributed by atoms with van der Waals surface area (Å²) in [4.78, 5) is 4.42. The zero-order valence-electron chi connectivity index (χ0n) is 10.9. The highest BCUT2D eigenvalue weighted by atomic mass is 32.2. The first-order valence-electron chi connectivity index (χ1n) is 5.88. The molecule has 3 aromatic rings. The Morgan fingerprint density at radius 3 is 2.90 bits per heavy atom. The number of hydrogen-bond donors (Lipinski definition) is 2. The zero-order valence-corrected chi connectivity index (χ0v) is 12.5. The van der Waals surface area contributed by atoms with E-state index >= 15 is 0 Å². The van der Waals surface area contributed by atoms with Crippen LogP contribution in [0.25, 0.3) is 4.96 Å². The molecule has 0 spiro atoms. The van der Waals surface area contributed by atoms with Gasteiger partial charge in [-0.25, -0.2) is 9.37 Å². The van der Waals surface area contributed by atoms with E-state index < -0.39 is 15.8 Å². The van der Waals surface area contributed by atoms with Gasteiger partial charge in [0, 0.05) is 11.6 Å². The topological polar surface area (TPSA) is 89.5 Å². The summed E-state index contributed by atoms with van der Waals surface area (Å²) >= 11 is 1.26. The van der Waals surface area contributed by atoms with Gasteiger partial charge < -0.3 is 5.73 Å². The molecule has 110 valence electrons. The summed E-state index contributed by atoms with van der Waals surface area (Å²) in [5.41, 5.74) is 6.22. The molecule has 2 heterocycles. The first-order chi connectivity index (χ1) is 9.88. The average molecular weight is 326 g/mol. The van der Waals surface area contributed by atoms with E-state index in [9.17, 15) is 12.8 Å². The number of hydrogen-bond acceptors (Lipinski definition) is 5. The fourth-order valence-electron chi connectivity index (χ4n) is 1.94. The Balaban J connectivity index is 2.08. The fourth-order valence-corrected chi connectivity index (χ4v) is 4.00. The molecule has 0 radical (unpaired) electrons. The Labute approximate surface area is 124 Å². The van der Waals surface area contributed by atoms with Gasteiger partial charge in [-0.2, -0.15) is 8.42 Å². The van der Waals surface area contributed by atoms with Crippen LogP contribution in [0.4, 0.5) is 15.9 Å². The first-order valence-corrected chi connectivity index (χ1v) is 8.25. The molecule has 0 amide bonds. The van der Waals surface area contributed by atoms with Gasteiger partial charge in [-0.3, -0.25) is 9.12 Å². The third-order valence-corrected chi connectivity index (χ3v) is 5.03. The molecule has 21 heavy (non-hydrogen) atoms. The van der Waals surface area contributed by atoms with Gasteiger partial charge in [0.2, 0.25) is 5.03 Å². The monoisotopic (exact) mass is 326 g/mol. The molecule has 3 N–H and O–H groups in total. The Hall–Kier alpha value is -2.13. The molecule has 6 nitrogen and oxygen atoms in total. The van der Waals surface area contributed by atoms with Crippen molar-refractivity contribution in [1.82, 2.24) is 9.38 Å². The molecule has 2 aromatic heterocycles. The molecule has 0 unspecified atom stereocenters. The summed E-state index contributed by atoms with van der Waals surface area (Å²) in [6.07, 6.45) is 1.55. The molecule has 0 aliphatic heterocycles. The third-order valence-electron chi connectivity index (χ3n) is 2.87. The van der Waals surface area contributed by atoms with E-state index in [1.165, 1.54) is 27.9 Å². The number of halogens is 1. The van der Waals surface area contributed by atoms with E-state index in [0.29, 0.717) is 10.5 Å². The summed E-state index contributed by atoms with van der Waals surface area (Å²) in [6, 6.07) is 4.23. The molecular weight excluding hydrogens is 315 g/mol. The van der Waals surface area contributed by atoms with Crippen molar-refractivity contribution >= 4 is 37.8 Å². The van der Waals surface area contributed by atoms with Gasteiger partial charge in [0.1, 0.15) is 5.82 Å². The second kappa shape index (κ2) is 4.71. The van der Waals surface area contributed by atoms with Crippen LogP contribution in [0.15, 0.2) is 34.8 Å². The predicted octanol–water partition coefficient (Wildman–Crippen LogP) is 2.23. The van der Waals surface area contributed by atoms with E-state index in [-0.39, 0.29) is 16.5 Å². The normalized spacial score (nSPS) is 11.9. The van der Waals surface area contributed by atoms with Crippen molar-refractivity contribution in [3.63, 3.8) is 0 Å². The minimum atomic E-state index is -4.04. The fraction of sp³-hybridized carbons (Fsp3) is 0.0833. The van der Waals surface area contributed by atoms with Crippen molar-refractivity contribution in [2.75, 3.05) is 10.5 Å². The molecular formula is C12H11FN4O2S2. The Morgan fingerprint density at radius 2 is 2.19 bits per heavy atom. The second-order valence-electron chi connectivity index (χ2n) is 4.45. The number of nitrogen functional groups attached to an aromatic ring is 1. The molecule has 9 heteroatoms. The van der Waals surface area contributed by atoms with Crippen molar-refractivity contribution in [2.45, 2.75) is 11.9 Å². The zero-order chi connectivity index (χ0) is 15.2. The molecule has 1 aromatic carbocycles. The maximum Gasteiger partial charge on any atom is 0.281 e. The minimum absolute atomic E-state index is 0.123. The largest absolute Gasteiger partial charge is 0.381 e. The number of fused-ring (bicyclic) bond motifs is 1. The molecule has 0 atom stereocenters. The number of aromatic nitrogens is 2. The number of nitrogens with zero attached hydrogens (tertiary/aromatic N) is 2. The number of rotatable bonds is 3. The molecule has 3 rings (SSSR count). The summed E-state index contributed by atoms with van der Waals surface area (Å²) in [5, 5.41) is 1.49. The van der Waals surface area contributed by atoms with Crippen LogP contribution >= 0.6 is 11.3 Å². The highest BCUT2D eigenvalue weighted by molar-refractivity contribution is 7.92. The number of sulfonamides is 1. The van der Waals surface area contributed by atoms with Crippen LogP contribution in [0.1, 0.15) is 5.56 Å². The van der Waals surface area contributed by atoms with Gasteiger partial charge in [-0.1, -0.05) is 6.07 Å². The van der Waals surface area contributed by atoms with Crippen molar-refractivity contribution in [3.8, 4) is 0 Å². The summed E-state index contributed by atoms with van der Waals surface area (Å²) in [6.45, 7) is 1.71. The van der Waals surface area contributed by atoms with Gasteiger partial charge in [0.25, 0.3) is 10.0 Å². The maximum atomic E-state index is 13.8. The summed E-state index contributed by atoms with van der Waals surface area (Å²) < 4.78 is 42.2. The van der Waals surface area contributed by atoms with Gasteiger partial charge >= 0.3 is 0 Å². The van der Waals surface area contributed by atoms with Crippen LogP contribution in [0.2, 0.25) is 0 Å². The third kappa shape index (κ3) is 2.34. The second-order valence-corrected chi connectivity index (χ2v) is 6.92. The van der Waals surface area contributed by atoms with Crippen molar-refractivity contribution in [3.05, 3.63) is 41.2 Å². The molecule has 0 aliphatic rings. The molecule has 0 saturated carbocycles. The van der Waals surface area contributed by atoms with Crippen LogP contribution in [0, 0.1) is 12.7 Å².